The highest BCUT2D eigenvalue weighted by Crippen LogP contribution is 2.22. The fourth-order valence-corrected chi connectivity index (χ4v) is 3.04. The van der Waals surface area contributed by atoms with E-state index in [4.69, 9.17) is 16.0 Å². The third-order valence-corrected chi connectivity index (χ3v) is 4.51. The van der Waals surface area contributed by atoms with E-state index in [1.807, 2.05) is 24.3 Å². The summed E-state index contributed by atoms with van der Waals surface area (Å²) in [7, 11) is 0. The molecular weight excluding hydrogens is 362 g/mol. The average molecular weight is 376 g/mol. The number of halogens is 1. The molecule has 132 valence electrons. The standard InChI is InChI=1S/C22H14ClNO3/c23-18-7-3-1-5-14(18)9-12-21(25)24-15-10-11-17-20(13-15)27-19-8-4-2-6-16(19)22(17)26/h1-13H,(H,24,25)/b12-9+. The van der Waals surface area contributed by atoms with Gasteiger partial charge in [0.15, 0.2) is 0 Å². The summed E-state index contributed by atoms with van der Waals surface area (Å²) in [5.74, 6) is -0.308. The highest BCUT2D eigenvalue weighted by molar-refractivity contribution is 6.32. The van der Waals surface area contributed by atoms with Crippen molar-refractivity contribution in [2.24, 2.45) is 0 Å². The molecule has 1 heterocycles. The zero-order valence-corrected chi connectivity index (χ0v) is 14.9. The van der Waals surface area contributed by atoms with Crippen molar-refractivity contribution < 1.29 is 9.21 Å². The Morgan fingerprint density at radius 1 is 0.926 bits per heavy atom. The number of anilines is 1. The molecule has 0 fully saturated rings. The second-order valence-electron chi connectivity index (χ2n) is 5.98. The third-order valence-electron chi connectivity index (χ3n) is 4.16. The normalized spacial score (nSPS) is 11.3. The Hall–Kier alpha value is -3.37. The number of rotatable bonds is 3. The van der Waals surface area contributed by atoms with Gasteiger partial charge in [-0.1, -0.05) is 41.9 Å². The zero-order valence-electron chi connectivity index (χ0n) is 14.1. The van der Waals surface area contributed by atoms with E-state index in [9.17, 15) is 9.59 Å². The number of carbonyl (C=O) groups is 1. The van der Waals surface area contributed by atoms with Gasteiger partial charge in [0.1, 0.15) is 11.2 Å². The minimum absolute atomic E-state index is 0.0941. The summed E-state index contributed by atoms with van der Waals surface area (Å²) < 4.78 is 5.81. The maximum atomic E-state index is 12.5. The Labute approximate surface area is 159 Å². The van der Waals surface area contributed by atoms with Crippen molar-refractivity contribution in [2.75, 3.05) is 5.32 Å². The Morgan fingerprint density at radius 3 is 2.52 bits per heavy atom. The van der Waals surface area contributed by atoms with E-state index in [-0.39, 0.29) is 11.3 Å². The highest BCUT2D eigenvalue weighted by atomic mass is 35.5. The van der Waals surface area contributed by atoms with Gasteiger partial charge < -0.3 is 9.73 Å². The van der Waals surface area contributed by atoms with Gasteiger partial charge in [-0.05, 0) is 42.0 Å². The van der Waals surface area contributed by atoms with E-state index in [0.717, 1.165) is 5.56 Å². The smallest absolute Gasteiger partial charge is 0.248 e. The van der Waals surface area contributed by atoms with Crippen LogP contribution in [0.15, 0.2) is 82.0 Å². The Kier molecular flexibility index (Phi) is 4.48. The predicted molar refractivity (Wildman–Crippen MR) is 109 cm³/mol. The number of hydrogen-bond acceptors (Lipinski definition) is 3. The lowest BCUT2D eigenvalue weighted by molar-refractivity contribution is -0.111. The van der Waals surface area contributed by atoms with Crippen molar-refractivity contribution in [3.8, 4) is 0 Å². The molecule has 0 radical (unpaired) electrons. The van der Waals surface area contributed by atoms with Crippen LogP contribution in [0.3, 0.4) is 0 Å². The Morgan fingerprint density at radius 2 is 1.67 bits per heavy atom. The van der Waals surface area contributed by atoms with Crippen LogP contribution in [0.2, 0.25) is 5.02 Å². The number of nitrogens with one attached hydrogen (secondary N) is 1. The number of para-hydroxylation sites is 1. The first-order chi connectivity index (χ1) is 13.1. The van der Waals surface area contributed by atoms with Crippen LogP contribution in [0.25, 0.3) is 28.0 Å². The van der Waals surface area contributed by atoms with Crippen molar-refractivity contribution in [3.63, 3.8) is 0 Å². The van der Waals surface area contributed by atoms with Crippen molar-refractivity contribution in [1.82, 2.24) is 0 Å². The molecule has 0 aliphatic carbocycles. The fourth-order valence-electron chi connectivity index (χ4n) is 2.84. The first-order valence-corrected chi connectivity index (χ1v) is 8.69. The third kappa shape index (κ3) is 3.48. The number of benzene rings is 3. The van der Waals surface area contributed by atoms with Gasteiger partial charge in [-0.15, -0.1) is 0 Å². The average Bonchev–Trinajstić information content (AvgIpc) is 2.67. The summed E-state index contributed by atoms with van der Waals surface area (Å²) in [6.45, 7) is 0. The highest BCUT2D eigenvalue weighted by Gasteiger charge is 2.08. The van der Waals surface area contributed by atoms with Crippen LogP contribution in [-0.4, -0.2) is 5.91 Å². The monoisotopic (exact) mass is 375 g/mol. The van der Waals surface area contributed by atoms with E-state index in [1.54, 1.807) is 48.5 Å². The molecule has 4 rings (SSSR count). The lowest BCUT2D eigenvalue weighted by Gasteiger charge is -2.05. The first-order valence-electron chi connectivity index (χ1n) is 8.31. The lowest BCUT2D eigenvalue weighted by Crippen LogP contribution is -2.08. The summed E-state index contributed by atoms with van der Waals surface area (Å²) >= 11 is 6.07. The van der Waals surface area contributed by atoms with Crippen molar-refractivity contribution in [3.05, 3.63) is 93.6 Å². The summed E-state index contributed by atoms with van der Waals surface area (Å²) in [6.07, 6.45) is 3.05. The van der Waals surface area contributed by atoms with Gasteiger partial charge in [0.25, 0.3) is 0 Å². The molecule has 4 aromatic rings. The topological polar surface area (TPSA) is 59.3 Å². The number of amides is 1. The summed E-state index contributed by atoms with van der Waals surface area (Å²) in [5, 5.41) is 4.33. The molecule has 0 aliphatic heterocycles. The molecule has 0 unspecified atom stereocenters. The molecule has 0 atom stereocenters. The maximum absolute atomic E-state index is 12.5. The number of hydrogen-bond donors (Lipinski definition) is 1. The largest absolute Gasteiger partial charge is 0.456 e. The fraction of sp³-hybridized carbons (Fsp3) is 0. The van der Waals surface area contributed by atoms with Gasteiger partial charge in [-0.25, -0.2) is 0 Å². The van der Waals surface area contributed by atoms with Crippen molar-refractivity contribution in [2.45, 2.75) is 0 Å². The molecule has 0 saturated carbocycles. The summed E-state index contributed by atoms with van der Waals surface area (Å²) in [4.78, 5) is 24.7. The van der Waals surface area contributed by atoms with E-state index in [1.165, 1.54) is 6.08 Å². The molecule has 1 amide bonds. The number of carbonyl (C=O) groups excluding carboxylic acids is 1. The molecule has 0 spiro atoms. The molecule has 4 nitrogen and oxygen atoms in total. The molecule has 0 aliphatic rings. The quantitative estimate of drug-likeness (QED) is 0.393. The van der Waals surface area contributed by atoms with Crippen LogP contribution in [-0.2, 0) is 4.79 Å². The van der Waals surface area contributed by atoms with Gasteiger partial charge in [-0.2, -0.15) is 0 Å². The van der Waals surface area contributed by atoms with E-state index < -0.39 is 0 Å². The Balaban J connectivity index is 1.62. The number of fused-ring (bicyclic) bond motifs is 2. The molecular formula is C22H14ClNO3. The summed E-state index contributed by atoms with van der Waals surface area (Å²) in [6, 6.07) is 19.3. The molecule has 1 N–H and O–H groups in total. The van der Waals surface area contributed by atoms with Crippen LogP contribution in [0.4, 0.5) is 5.69 Å². The molecule has 0 bridgehead atoms. The lowest BCUT2D eigenvalue weighted by atomic mass is 10.1. The first kappa shape index (κ1) is 17.1. The predicted octanol–water partition coefficient (Wildman–Crippen LogP) is 5.25. The van der Waals surface area contributed by atoms with Gasteiger partial charge in [0.2, 0.25) is 11.3 Å². The zero-order chi connectivity index (χ0) is 18.8. The second-order valence-corrected chi connectivity index (χ2v) is 6.39. The van der Waals surface area contributed by atoms with Gasteiger partial charge in [0, 0.05) is 22.9 Å². The maximum Gasteiger partial charge on any atom is 0.248 e. The van der Waals surface area contributed by atoms with Crippen LogP contribution in [0, 0.1) is 0 Å². The minimum Gasteiger partial charge on any atom is -0.456 e. The molecule has 27 heavy (non-hydrogen) atoms. The van der Waals surface area contributed by atoms with Crippen LogP contribution in [0.1, 0.15) is 5.56 Å². The molecule has 0 saturated heterocycles. The van der Waals surface area contributed by atoms with E-state index >= 15 is 0 Å². The van der Waals surface area contributed by atoms with Gasteiger partial charge in [0.05, 0.1) is 10.8 Å². The SMILES string of the molecule is O=C(/C=C/c1ccccc1Cl)Nc1ccc2c(=O)c3ccccc3oc2c1. The summed E-state index contributed by atoms with van der Waals surface area (Å²) in [5.41, 5.74) is 2.13. The van der Waals surface area contributed by atoms with Crippen LogP contribution >= 0.6 is 11.6 Å². The molecule has 3 aromatic carbocycles. The van der Waals surface area contributed by atoms with Crippen molar-refractivity contribution >= 4 is 51.2 Å². The van der Waals surface area contributed by atoms with Gasteiger partial charge in [-0.3, -0.25) is 9.59 Å². The van der Waals surface area contributed by atoms with E-state index in [0.29, 0.717) is 32.6 Å². The Bertz CT molecular complexity index is 1260. The molecule has 5 heteroatoms. The van der Waals surface area contributed by atoms with E-state index in [2.05, 4.69) is 5.32 Å². The van der Waals surface area contributed by atoms with Crippen molar-refractivity contribution in [1.29, 1.82) is 0 Å². The minimum atomic E-state index is -0.308. The van der Waals surface area contributed by atoms with Gasteiger partial charge >= 0.3 is 0 Å². The second kappa shape index (κ2) is 7.09. The van der Waals surface area contributed by atoms with Crippen LogP contribution in [0.5, 0.6) is 0 Å². The van der Waals surface area contributed by atoms with Crippen LogP contribution < -0.4 is 10.7 Å². The molecule has 1 aromatic heterocycles.